The molecule has 0 radical (unpaired) electrons. The number of benzene rings is 3. The normalized spacial score (nSPS) is 17.2. The van der Waals surface area contributed by atoms with Gasteiger partial charge < -0.3 is 29.2 Å². The number of sulfone groups is 1. The van der Waals surface area contributed by atoms with Gasteiger partial charge in [-0.3, -0.25) is 4.79 Å². The van der Waals surface area contributed by atoms with E-state index in [9.17, 15) is 40.0 Å². The first-order valence-corrected chi connectivity index (χ1v) is 18.1. The van der Waals surface area contributed by atoms with Gasteiger partial charge in [-0.15, -0.1) is 0 Å². The molecule has 0 aliphatic carbocycles. The first kappa shape index (κ1) is 40.5. The summed E-state index contributed by atoms with van der Waals surface area (Å²) in [4.78, 5) is 27.8. The molecule has 1 aliphatic heterocycles. The van der Waals surface area contributed by atoms with E-state index in [0.29, 0.717) is 11.3 Å². The molecule has 3 atom stereocenters. The van der Waals surface area contributed by atoms with Crippen molar-refractivity contribution < 1.29 is 58.9 Å². The number of halogens is 5. The molecular weight excluding hydrogens is 715 g/mol. The number of nitrogens with zero attached hydrogens (tertiary/aromatic N) is 1. The first-order chi connectivity index (χ1) is 24.4. The summed E-state index contributed by atoms with van der Waals surface area (Å²) < 4.78 is 111. The Labute approximate surface area is 299 Å². The van der Waals surface area contributed by atoms with Crippen LogP contribution in [0.5, 0.6) is 5.75 Å². The van der Waals surface area contributed by atoms with Crippen molar-refractivity contribution in [2.45, 2.75) is 75.6 Å². The lowest BCUT2D eigenvalue weighted by Gasteiger charge is -2.27. The average Bonchev–Trinajstić information content (AvgIpc) is 3.51. The van der Waals surface area contributed by atoms with Crippen LogP contribution in [0.1, 0.15) is 61.6 Å². The van der Waals surface area contributed by atoms with Crippen LogP contribution < -0.4 is 15.0 Å². The lowest BCUT2D eigenvalue weighted by molar-refractivity contribution is -0.168. The number of carbonyl (C=O) groups is 2. The van der Waals surface area contributed by atoms with Crippen molar-refractivity contribution in [1.29, 1.82) is 0 Å². The van der Waals surface area contributed by atoms with Gasteiger partial charge in [0.25, 0.3) is 5.91 Å². The van der Waals surface area contributed by atoms with E-state index in [-0.39, 0.29) is 54.7 Å². The van der Waals surface area contributed by atoms with Crippen molar-refractivity contribution in [1.82, 2.24) is 5.32 Å². The number of amides is 1. The molecule has 1 fully saturated rings. The van der Waals surface area contributed by atoms with Gasteiger partial charge in [-0.2, -0.15) is 22.0 Å². The Morgan fingerprint density at radius 1 is 0.942 bits per heavy atom. The lowest BCUT2D eigenvalue weighted by Crippen LogP contribution is -2.40. The van der Waals surface area contributed by atoms with Gasteiger partial charge in [0.2, 0.25) is 0 Å². The molecule has 1 aliphatic rings. The van der Waals surface area contributed by atoms with Crippen LogP contribution in [0.4, 0.5) is 27.6 Å². The summed E-state index contributed by atoms with van der Waals surface area (Å²) in [6.45, 7) is 3.03. The molecule has 1 saturated heterocycles. The van der Waals surface area contributed by atoms with Crippen LogP contribution in [0.15, 0.2) is 77.7 Å². The van der Waals surface area contributed by atoms with E-state index in [0.717, 1.165) is 12.1 Å². The second-order valence-corrected chi connectivity index (χ2v) is 14.8. The van der Waals surface area contributed by atoms with E-state index in [2.05, 4.69) is 10.1 Å². The van der Waals surface area contributed by atoms with Crippen molar-refractivity contribution in [2.24, 2.45) is 0 Å². The first-order valence-electron chi connectivity index (χ1n) is 16.5. The molecule has 1 amide bonds. The molecule has 0 saturated carbocycles. The highest BCUT2D eigenvalue weighted by atomic mass is 32.2. The maximum Gasteiger partial charge on any atom is 0.416 e. The van der Waals surface area contributed by atoms with Gasteiger partial charge in [0.1, 0.15) is 11.9 Å². The quantitative estimate of drug-likeness (QED) is 0.128. The fraction of sp³-hybridized carbons (Fsp3) is 0.444. The summed E-state index contributed by atoms with van der Waals surface area (Å²) in [5.41, 5.74) is -0.902. The molecule has 1 heterocycles. The number of anilines is 1. The minimum atomic E-state index is -4.51. The Bertz CT molecular complexity index is 1750. The van der Waals surface area contributed by atoms with Crippen molar-refractivity contribution in [3.05, 3.63) is 89.5 Å². The van der Waals surface area contributed by atoms with E-state index >= 15 is 0 Å². The molecule has 284 valence electrons. The molecule has 0 bridgehead atoms. The largest absolute Gasteiger partial charge is 0.489 e. The van der Waals surface area contributed by atoms with Gasteiger partial charge in [-0.25, -0.2) is 13.2 Å². The van der Waals surface area contributed by atoms with Gasteiger partial charge >= 0.3 is 18.8 Å². The second-order valence-electron chi connectivity index (χ2n) is 12.5. The number of hydrogen-bond donors (Lipinski definition) is 1. The number of alkyl halides is 5. The molecule has 0 unspecified atom stereocenters. The van der Waals surface area contributed by atoms with Crippen LogP contribution in [0, 0.1) is 0 Å². The van der Waals surface area contributed by atoms with E-state index in [1.54, 1.807) is 36.1 Å². The molecular formula is C36H41F5N2O8S. The summed E-state index contributed by atoms with van der Waals surface area (Å²) in [5, 5.41) is 2.87. The third-order valence-corrected chi connectivity index (χ3v) is 10.2. The van der Waals surface area contributed by atoms with Crippen molar-refractivity contribution in [2.75, 3.05) is 37.0 Å². The number of nitrogens with one attached hydrogen (secondary N) is 1. The molecule has 3 aromatic rings. The van der Waals surface area contributed by atoms with Crippen LogP contribution in [0.2, 0.25) is 0 Å². The third-order valence-electron chi connectivity index (χ3n) is 8.44. The highest BCUT2D eigenvalue weighted by Gasteiger charge is 2.36. The standard InChI is InChI=1S/C36H41F5N2O8S/c1-5-48-33(45)35(3,4)50-22-31(23-9-17-30(18-10-23)52(46,47)6-2)42-32(44)24-7-13-26(14-8-24)43-20-29(19-27(43)21-49-34(37)38)51-28-15-11-25(12-16-28)36(39,40)41/h7-18,27,29,31,34H,5-6,19-22H2,1-4H3,(H,42,44)/t27-,29-,31-/m0/s1. The number of carbonyl (C=O) groups excluding carboxylic acids is 2. The van der Waals surface area contributed by atoms with Crippen molar-refractivity contribution in [3.63, 3.8) is 0 Å². The highest BCUT2D eigenvalue weighted by Crippen LogP contribution is 2.33. The van der Waals surface area contributed by atoms with Crippen molar-refractivity contribution >= 4 is 27.4 Å². The van der Waals surface area contributed by atoms with E-state index in [4.69, 9.17) is 14.2 Å². The maximum atomic E-state index is 13.5. The minimum absolute atomic E-state index is 0.0937. The van der Waals surface area contributed by atoms with Crippen LogP contribution in [0.3, 0.4) is 0 Å². The Morgan fingerprint density at radius 2 is 1.58 bits per heavy atom. The Kier molecular flexibility index (Phi) is 13.3. The molecule has 3 aromatic carbocycles. The number of rotatable bonds is 16. The van der Waals surface area contributed by atoms with E-state index in [1.807, 2.05) is 0 Å². The summed E-state index contributed by atoms with van der Waals surface area (Å²) in [7, 11) is -3.48. The van der Waals surface area contributed by atoms with Gasteiger partial charge in [0, 0.05) is 17.7 Å². The smallest absolute Gasteiger partial charge is 0.416 e. The van der Waals surface area contributed by atoms with Crippen molar-refractivity contribution in [3.8, 4) is 5.75 Å². The minimum Gasteiger partial charge on any atom is -0.489 e. The number of hydrogen-bond acceptors (Lipinski definition) is 9. The summed E-state index contributed by atoms with van der Waals surface area (Å²) in [6, 6.07) is 15.0. The van der Waals surface area contributed by atoms with Crippen LogP contribution in [-0.4, -0.2) is 76.8 Å². The number of esters is 1. The fourth-order valence-electron chi connectivity index (χ4n) is 5.53. The molecule has 0 spiro atoms. The van der Waals surface area contributed by atoms with Crippen LogP contribution >= 0.6 is 0 Å². The maximum absolute atomic E-state index is 13.5. The Morgan fingerprint density at radius 3 is 2.13 bits per heavy atom. The average molecular weight is 757 g/mol. The third kappa shape index (κ3) is 10.6. The SMILES string of the molecule is CCOC(=O)C(C)(C)OC[C@H](NC(=O)c1ccc(N2C[C@@H](Oc3ccc(C(F)(F)F)cc3)C[C@H]2COC(F)F)cc1)c1ccc(S(=O)(=O)CC)cc1. The molecule has 16 heteroatoms. The topological polar surface area (TPSA) is 120 Å². The van der Waals surface area contributed by atoms with Gasteiger partial charge in [0.05, 0.1) is 54.7 Å². The zero-order valence-corrected chi connectivity index (χ0v) is 29.8. The Balaban J connectivity index is 1.51. The van der Waals surface area contributed by atoms with Crippen LogP contribution in [-0.2, 0) is 35.0 Å². The summed E-state index contributed by atoms with van der Waals surface area (Å²) >= 11 is 0. The van der Waals surface area contributed by atoms with Crippen LogP contribution in [0.25, 0.3) is 0 Å². The van der Waals surface area contributed by atoms with E-state index < -0.39 is 63.9 Å². The highest BCUT2D eigenvalue weighted by molar-refractivity contribution is 7.91. The number of ether oxygens (including phenoxy) is 4. The monoisotopic (exact) mass is 756 g/mol. The molecule has 0 aromatic heterocycles. The summed E-state index contributed by atoms with van der Waals surface area (Å²) in [6.07, 6.45) is -4.84. The van der Waals surface area contributed by atoms with Gasteiger partial charge in [-0.05, 0) is 87.0 Å². The predicted octanol–water partition coefficient (Wildman–Crippen LogP) is 6.59. The second kappa shape index (κ2) is 17.0. The van der Waals surface area contributed by atoms with Gasteiger partial charge in [-0.1, -0.05) is 19.1 Å². The van der Waals surface area contributed by atoms with E-state index in [1.165, 1.54) is 57.2 Å². The van der Waals surface area contributed by atoms with Gasteiger partial charge in [0.15, 0.2) is 15.4 Å². The lowest BCUT2D eigenvalue weighted by atomic mass is 10.1. The summed E-state index contributed by atoms with van der Waals surface area (Å²) in [5.74, 6) is -1.04. The Hall–Kier alpha value is -4.28. The molecule has 4 rings (SSSR count). The molecule has 1 N–H and O–H groups in total. The zero-order chi connectivity index (χ0) is 38.3. The fourth-order valence-corrected chi connectivity index (χ4v) is 6.41. The zero-order valence-electron chi connectivity index (χ0n) is 29.0. The predicted molar refractivity (Wildman–Crippen MR) is 181 cm³/mol. The molecule has 52 heavy (non-hydrogen) atoms. The molecule has 10 nitrogen and oxygen atoms in total.